The smallest absolute Gasteiger partial charge is 0.251 e. The van der Waals surface area contributed by atoms with Crippen molar-refractivity contribution in [1.82, 2.24) is 5.32 Å². The zero-order valence-corrected chi connectivity index (χ0v) is 16.0. The second kappa shape index (κ2) is 8.88. The zero-order chi connectivity index (χ0) is 19.1. The summed E-state index contributed by atoms with van der Waals surface area (Å²) in [6.07, 6.45) is 5.07. The van der Waals surface area contributed by atoms with E-state index in [1.165, 1.54) is 23.9 Å². The number of thiophene rings is 1. The van der Waals surface area contributed by atoms with Crippen LogP contribution < -0.4 is 10.1 Å². The molecule has 3 aromatic rings. The van der Waals surface area contributed by atoms with Gasteiger partial charge in [-0.15, -0.1) is 11.3 Å². The predicted molar refractivity (Wildman–Crippen MR) is 105 cm³/mol. The Morgan fingerprint density at radius 3 is 2.70 bits per heavy atom. The SMILES string of the molecule is CCCCOc1ccc(C(=O)NC[C@](O)(c2ccoc2)c2cccs2)cc1. The molecule has 0 spiro atoms. The summed E-state index contributed by atoms with van der Waals surface area (Å²) in [4.78, 5) is 13.3. The molecule has 27 heavy (non-hydrogen) atoms. The molecule has 5 nitrogen and oxygen atoms in total. The highest BCUT2D eigenvalue weighted by atomic mass is 32.1. The molecule has 0 unspecified atom stereocenters. The fraction of sp³-hybridized carbons (Fsp3) is 0.286. The summed E-state index contributed by atoms with van der Waals surface area (Å²) in [6, 6.07) is 12.4. The molecule has 0 saturated heterocycles. The third kappa shape index (κ3) is 4.59. The van der Waals surface area contributed by atoms with Gasteiger partial charge in [0.05, 0.1) is 25.7 Å². The first-order valence-corrected chi connectivity index (χ1v) is 9.81. The first-order chi connectivity index (χ1) is 13.1. The predicted octanol–water partition coefficient (Wildman–Crippen LogP) is 4.19. The Balaban J connectivity index is 1.66. The van der Waals surface area contributed by atoms with Gasteiger partial charge in [0.15, 0.2) is 0 Å². The third-order valence-electron chi connectivity index (χ3n) is 4.32. The number of aliphatic hydroxyl groups is 1. The van der Waals surface area contributed by atoms with Gasteiger partial charge in [-0.3, -0.25) is 4.79 Å². The second-order valence-corrected chi connectivity index (χ2v) is 7.21. The maximum Gasteiger partial charge on any atom is 0.251 e. The van der Waals surface area contributed by atoms with Gasteiger partial charge in [0.1, 0.15) is 11.4 Å². The van der Waals surface area contributed by atoms with Crippen LogP contribution >= 0.6 is 11.3 Å². The van der Waals surface area contributed by atoms with Crippen LogP contribution in [0, 0.1) is 0 Å². The molecule has 0 bridgehead atoms. The number of hydrogen-bond donors (Lipinski definition) is 2. The minimum Gasteiger partial charge on any atom is -0.494 e. The van der Waals surface area contributed by atoms with Crippen molar-refractivity contribution in [3.63, 3.8) is 0 Å². The highest BCUT2D eigenvalue weighted by molar-refractivity contribution is 7.10. The molecule has 1 amide bonds. The van der Waals surface area contributed by atoms with E-state index in [9.17, 15) is 9.90 Å². The van der Waals surface area contributed by atoms with Gasteiger partial charge in [-0.25, -0.2) is 0 Å². The van der Waals surface area contributed by atoms with Crippen LogP contribution in [0.3, 0.4) is 0 Å². The molecule has 1 aromatic carbocycles. The fourth-order valence-corrected chi connectivity index (χ4v) is 3.54. The molecule has 0 aliphatic carbocycles. The van der Waals surface area contributed by atoms with Gasteiger partial charge >= 0.3 is 0 Å². The van der Waals surface area contributed by atoms with Crippen molar-refractivity contribution in [3.8, 4) is 5.75 Å². The van der Waals surface area contributed by atoms with Gasteiger partial charge < -0.3 is 19.6 Å². The first kappa shape index (κ1) is 19.2. The molecule has 0 aliphatic heterocycles. The van der Waals surface area contributed by atoms with Gasteiger partial charge in [0.25, 0.3) is 5.91 Å². The minimum absolute atomic E-state index is 0.0423. The number of furan rings is 1. The summed E-state index contributed by atoms with van der Waals surface area (Å²) in [5, 5.41) is 15.9. The summed E-state index contributed by atoms with van der Waals surface area (Å²) >= 11 is 1.43. The third-order valence-corrected chi connectivity index (χ3v) is 5.34. The quantitative estimate of drug-likeness (QED) is 0.542. The topological polar surface area (TPSA) is 71.7 Å². The lowest BCUT2D eigenvalue weighted by Crippen LogP contribution is -2.41. The normalized spacial score (nSPS) is 13.1. The molecule has 0 fully saturated rings. The van der Waals surface area contributed by atoms with Crippen LogP contribution in [0.15, 0.2) is 64.8 Å². The van der Waals surface area contributed by atoms with E-state index in [1.54, 1.807) is 30.3 Å². The first-order valence-electron chi connectivity index (χ1n) is 8.93. The van der Waals surface area contributed by atoms with Gasteiger partial charge in [-0.05, 0) is 48.2 Å². The van der Waals surface area contributed by atoms with Crippen LogP contribution in [0.25, 0.3) is 0 Å². The number of carbonyl (C=O) groups excluding carboxylic acids is 1. The molecule has 2 aromatic heterocycles. The van der Waals surface area contributed by atoms with Crippen molar-refractivity contribution in [2.45, 2.75) is 25.4 Å². The van der Waals surface area contributed by atoms with E-state index in [0.717, 1.165) is 23.5 Å². The molecule has 142 valence electrons. The van der Waals surface area contributed by atoms with Crippen LogP contribution in [0.2, 0.25) is 0 Å². The fourth-order valence-electron chi connectivity index (χ4n) is 2.69. The van der Waals surface area contributed by atoms with Crippen molar-refractivity contribution in [2.75, 3.05) is 13.2 Å². The van der Waals surface area contributed by atoms with Crippen LogP contribution in [0.5, 0.6) is 5.75 Å². The maximum absolute atomic E-state index is 12.5. The Morgan fingerprint density at radius 1 is 1.26 bits per heavy atom. The lowest BCUT2D eigenvalue weighted by molar-refractivity contribution is 0.0714. The van der Waals surface area contributed by atoms with Crippen molar-refractivity contribution in [1.29, 1.82) is 0 Å². The Morgan fingerprint density at radius 2 is 2.07 bits per heavy atom. The molecule has 3 rings (SSSR count). The van der Waals surface area contributed by atoms with Gasteiger partial charge in [-0.2, -0.15) is 0 Å². The maximum atomic E-state index is 12.5. The number of benzene rings is 1. The Labute approximate surface area is 162 Å². The molecule has 0 aliphatic rings. The lowest BCUT2D eigenvalue weighted by atomic mass is 9.94. The number of nitrogens with one attached hydrogen (secondary N) is 1. The summed E-state index contributed by atoms with van der Waals surface area (Å²) in [6.45, 7) is 2.82. The van der Waals surface area contributed by atoms with Crippen molar-refractivity contribution < 1.29 is 19.1 Å². The number of unbranched alkanes of at least 4 members (excludes halogenated alkanes) is 1. The molecular weight excluding hydrogens is 362 g/mol. The van der Waals surface area contributed by atoms with Crippen LogP contribution in [-0.4, -0.2) is 24.2 Å². The molecule has 6 heteroatoms. The van der Waals surface area contributed by atoms with Gasteiger partial charge in [0, 0.05) is 16.0 Å². The second-order valence-electron chi connectivity index (χ2n) is 6.26. The average molecular weight is 385 g/mol. The Bertz CT molecular complexity index is 791. The number of ether oxygens (including phenoxy) is 1. The number of hydrogen-bond acceptors (Lipinski definition) is 5. The van der Waals surface area contributed by atoms with Crippen LogP contribution in [0.1, 0.15) is 40.6 Å². The van der Waals surface area contributed by atoms with E-state index >= 15 is 0 Å². The monoisotopic (exact) mass is 385 g/mol. The molecule has 2 N–H and O–H groups in total. The summed E-state index contributed by atoms with van der Waals surface area (Å²) in [5.74, 6) is 0.488. The van der Waals surface area contributed by atoms with Crippen molar-refractivity contribution >= 4 is 17.2 Å². The number of amides is 1. The Kier molecular flexibility index (Phi) is 6.32. The molecule has 0 radical (unpaired) electrons. The van der Waals surface area contributed by atoms with E-state index in [1.807, 2.05) is 17.5 Å². The molecule has 1 atom stereocenters. The van der Waals surface area contributed by atoms with Crippen LogP contribution in [-0.2, 0) is 5.60 Å². The van der Waals surface area contributed by atoms with Crippen LogP contribution in [0.4, 0.5) is 0 Å². The molecule has 0 saturated carbocycles. The summed E-state index contributed by atoms with van der Waals surface area (Å²) < 4.78 is 10.7. The summed E-state index contributed by atoms with van der Waals surface area (Å²) in [7, 11) is 0. The number of carbonyl (C=O) groups is 1. The van der Waals surface area contributed by atoms with Crippen molar-refractivity contribution in [2.24, 2.45) is 0 Å². The highest BCUT2D eigenvalue weighted by Crippen LogP contribution is 2.32. The zero-order valence-electron chi connectivity index (χ0n) is 15.2. The lowest BCUT2D eigenvalue weighted by Gasteiger charge is -2.26. The molecular formula is C21H23NO4S. The van der Waals surface area contributed by atoms with E-state index in [-0.39, 0.29) is 12.5 Å². The standard InChI is InChI=1S/C21H23NO4S/c1-2-3-11-26-18-8-6-16(7-9-18)20(23)22-15-21(24,17-10-12-25-14-17)19-5-4-13-27-19/h4-10,12-14,24H,2-3,11,15H2,1H3,(H,22,23)/t21-/m0/s1. The van der Waals surface area contributed by atoms with Crippen molar-refractivity contribution in [3.05, 3.63) is 76.4 Å². The Hall–Kier alpha value is -2.57. The largest absolute Gasteiger partial charge is 0.494 e. The van der Waals surface area contributed by atoms with E-state index in [4.69, 9.17) is 9.15 Å². The minimum atomic E-state index is -1.33. The highest BCUT2D eigenvalue weighted by Gasteiger charge is 2.34. The van der Waals surface area contributed by atoms with E-state index in [0.29, 0.717) is 17.7 Å². The number of rotatable bonds is 9. The van der Waals surface area contributed by atoms with Gasteiger partial charge in [0.2, 0.25) is 0 Å². The van der Waals surface area contributed by atoms with E-state index < -0.39 is 5.60 Å². The van der Waals surface area contributed by atoms with Gasteiger partial charge in [-0.1, -0.05) is 19.4 Å². The average Bonchev–Trinajstić information content (AvgIpc) is 3.41. The van der Waals surface area contributed by atoms with E-state index in [2.05, 4.69) is 12.2 Å². The molecule has 2 heterocycles. The summed E-state index contributed by atoms with van der Waals surface area (Å²) in [5.41, 5.74) is -0.219.